The lowest BCUT2D eigenvalue weighted by Crippen LogP contribution is -2.06. The lowest BCUT2D eigenvalue weighted by molar-refractivity contribution is 0.139. The van der Waals surface area contributed by atoms with E-state index < -0.39 is 34.4 Å². The van der Waals surface area contributed by atoms with Crippen LogP contribution in [-0.4, -0.2) is 26.6 Å². The Morgan fingerprint density at radius 1 is 1.00 bits per heavy atom. The third-order valence-corrected chi connectivity index (χ3v) is 3.05. The predicted molar refractivity (Wildman–Crippen MR) is 58.5 cm³/mol. The van der Waals surface area contributed by atoms with Gasteiger partial charge in [0.05, 0.1) is 13.2 Å². The van der Waals surface area contributed by atoms with E-state index in [1.165, 1.54) is 12.1 Å². The molecule has 0 saturated heterocycles. The van der Waals surface area contributed by atoms with E-state index in [0.717, 1.165) is 0 Å². The lowest BCUT2D eigenvalue weighted by atomic mass is 10.3. The number of alkyl halides is 2. The fourth-order valence-corrected chi connectivity index (χ4v) is 2.14. The summed E-state index contributed by atoms with van der Waals surface area (Å²) in [7, 11) is -3.95. The van der Waals surface area contributed by atoms with Crippen LogP contribution in [0.5, 0.6) is 5.75 Å². The third-order valence-electron chi connectivity index (χ3n) is 1.61. The van der Waals surface area contributed by atoms with E-state index in [1.54, 1.807) is 18.2 Å². The van der Waals surface area contributed by atoms with Crippen LogP contribution in [0, 0.1) is 0 Å². The maximum Gasteiger partial charge on any atom is 0.530 e. The van der Waals surface area contributed by atoms with Gasteiger partial charge >= 0.3 is 7.82 Å². The number of phosphoric acid groups is 1. The second-order valence-electron chi connectivity index (χ2n) is 2.90. The van der Waals surface area contributed by atoms with Gasteiger partial charge in [0, 0.05) is 0 Å². The first-order valence-corrected chi connectivity index (χ1v) is 6.42. The van der Waals surface area contributed by atoms with Crippen molar-refractivity contribution in [1.82, 2.24) is 0 Å². The largest absolute Gasteiger partial charge is 0.530 e. The molecule has 0 radical (unpaired) electrons. The van der Waals surface area contributed by atoms with Crippen molar-refractivity contribution in [3.05, 3.63) is 30.3 Å². The fraction of sp³-hybridized carbons (Fsp3) is 0.400. The van der Waals surface area contributed by atoms with E-state index in [-0.39, 0.29) is 5.75 Å². The Labute approximate surface area is 98.1 Å². The van der Waals surface area contributed by atoms with Gasteiger partial charge in [-0.15, -0.1) is 0 Å². The van der Waals surface area contributed by atoms with Crippen molar-refractivity contribution >= 4 is 7.82 Å². The van der Waals surface area contributed by atoms with E-state index in [0.29, 0.717) is 0 Å². The molecule has 0 aliphatic rings. The summed E-state index contributed by atoms with van der Waals surface area (Å²) in [5.74, 6) is 0.244. The lowest BCUT2D eigenvalue weighted by Gasteiger charge is -2.17. The van der Waals surface area contributed by atoms with Gasteiger partial charge in [0.1, 0.15) is 19.1 Å². The average molecular weight is 266 g/mol. The molecule has 1 aromatic carbocycles. The van der Waals surface area contributed by atoms with Crippen LogP contribution in [0.25, 0.3) is 0 Å². The molecule has 0 aliphatic carbocycles. The first kappa shape index (κ1) is 14.1. The summed E-state index contributed by atoms with van der Waals surface area (Å²) >= 11 is 0. The van der Waals surface area contributed by atoms with Gasteiger partial charge in [0.2, 0.25) is 0 Å². The Balaban J connectivity index is 2.65. The van der Waals surface area contributed by atoms with Gasteiger partial charge in [0.25, 0.3) is 0 Å². The molecule has 96 valence electrons. The van der Waals surface area contributed by atoms with Gasteiger partial charge in [-0.25, -0.2) is 13.3 Å². The standard InChI is InChI=1S/C10H13F2O4P/c11-6-8-14-17(13,15-9-7-12)16-10-4-2-1-3-5-10/h1-5H,6-9H2. The summed E-state index contributed by atoms with van der Waals surface area (Å²) in [5.41, 5.74) is 0. The first-order valence-electron chi connectivity index (χ1n) is 4.96. The molecule has 17 heavy (non-hydrogen) atoms. The van der Waals surface area contributed by atoms with Crippen LogP contribution >= 0.6 is 7.82 Å². The van der Waals surface area contributed by atoms with Crippen molar-refractivity contribution in [3.8, 4) is 5.75 Å². The topological polar surface area (TPSA) is 44.8 Å². The van der Waals surface area contributed by atoms with E-state index in [1.807, 2.05) is 0 Å². The molecule has 7 heteroatoms. The second-order valence-corrected chi connectivity index (χ2v) is 4.49. The number of para-hydroxylation sites is 1. The van der Waals surface area contributed by atoms with Gasteiger partial charge in [-0.05, 0) is 12.1 Å². The SMILES string of the molecule is O=P(OCCF)(OCCF)Oc1ccccc1. The maximum atomic E-state index is 12.0. The van der Waals surface area contributed by atoms with Crippen molar-refractivity contribution in [3.63, 3.8) is 0 Å². The molecule has 0 amide bonds. The zero-order valence-electron chi connectivity index (χ0n) is 9.05. The Kier molecular flexibility index (Phi) is 6.11. The third kappa shape index (κ3) is 5.26. The van der Waals surface area contributed by atoms with Crippen LogP contribution in [0.4, 0.5) is 8.78 Å². The van der Waals surface area contributed by atoms with Crippen LogP contribution < -0.4 is 4.52 Å². The van der Waals surface area contributed by atoms with E-state index in [9.17, 15) is 13.3 Å². The number of benzene rings is 1. The summed E-state index contributed by atoms with van der Waals surface area (Å²) in [5, 5.41) is 0. The van der Waals surface area contributed by atoms with Crippen molar-refractivity contribution in [2.45, 2.75) is 0 Å². The molecule has 0 bridgehead atoms. The molecule has 0 N–H and O–H groups in total. The van der Waals surface area contributed by atoms with Crippen molar-refractivity contribution < 1.29 is 26.9 Å². The summed E-state index contributed by atoms with van der Waals surface area (Å²) in [6, 6.07) is 8.12. The molecule has 0 atom stereocenters. The highest BCUT2D eigenvalue weighted by Crippen LogP contribution is 2.49. The fourth-order valence-electron chi connectivity index (χ4n) is 0.993. The molecule has 0 unspecified atom stereocenters. The van der Waals surface area contributed by atoms with Crippen LogP contribution in [0.15, 0.2) is 30.3 Å². The maximum absolute atomic E-state index is 12.0. The molecule has 0 aromatic heterocycles. The van der Waals surface area contributed by atoms with Gasteiger partial charge in [-0.2, -0.15) is 0 Å². The van der Waals surface area contributed by atoms with Crippen LogP contribution in [0.1, 0.15) is 0 Å². The van der Waals surface area contributed by atoms with E-state index in [2.05, 4.69) is 9.05 Å². The Bertz CT molecular complexity index is 349. The molecule has 0 fully saturated rings. The first-order chi connectivity index (χ1) is 8.20. The molecule has 1 rings (SSSR count). The van der Waals surface area contributed by atoms with Gasteiger partial charge in [-0.3, -0.25) is 9.05 Å². The smallest absolute Gasteiger partial charge is 0.404 e. The van der Waals surface area contributed by atoms with Gasteiger partial charge in [0.15, 0.2) is 0 Å². The molecular formula is C10H13F2O4P. The Morgan fingerprint density at radius 2 is 1.53 bits per heavy atom. The quantitative estimate of drug-likeness (QED) is 0.678. The predicted octanol–water partition coefficient (Wildman–Crippen LogP) is 3.15. The number of hydrogen-bond acceptors (Lipinski definition) is 4. The van der Waals surface area contributed by atoms with Crippen molar-refractivity contribution in [1.29, 1.82) is 0 Å². The van der Waals surface area contributed by atoms with Crippen molar-refractivity contribution in [2.75, 3.05) is 26.6 Å². The normalized spacial score (nSPS) is 11.4. The minimum absolute atomic E-state index is 0.244. The van der Waals surface area contributed by atoms with Crippen LogP contribution in [-0.2, 0) is 13.6 Å². The highest BCUT2D eigenvalue weighted by molar-refractivity contribution is 7.48. The second kappa shape index (κ2) is 7.37. The molecule has 0 aliphatic heterocycles. The highest BCUT2D eigenvalue weighted by atomic mass is 31.2. The monoisotopic (exact) mass is 266 g/mol. The molecule has 0 saturated carbocycles. The van der Waals surface area contributed by atoms with Gasteiger partial charge in [-0.1, -0.05) is 18.2 Å². The van der Waals surface area contributed by atoms with Crippen molar-refractivity contribution in [2.24, 2.45) is 0 Å². The molecular weight excluding hydrogens is 253 g/mol. The molecule has 1 aromatic rings. The zero-order chi connectivity index (χ0) is 12.6. The average Bonchev–Trinajstić information content (AvgIpc) is 2.35. The molecule has 0 spiro atoms. The number of phosphoric ester groups is 1. The summed E-state index contributed by atoms with van der Waals surface area (Å²) in [4.78, 5) is 0. The Hall–Kier alpha value is -0.970. The van der Waals surface area contributed by atoms with Gasteiger partial charge < -0.3 is 4.52 Å². The summed E-state index contributed by atoms with van der Waals surface area (Å²) < 4.78 is 50.1. The van der Waals surface area contributed by atoms with E-state index >= 15 is 0 Å². The Morgan fingerprint density at radius 3 is 2.00 bits per heavy atom. The van der Waals surface area contributed by atoms with Crippen LogP contribution in [0.2, 0.25) is 0 Å². The number of halogens is 2. The molecule has 4 nitrogen and oxygen atoms in total. The number of rotatable bonds is 8. The highest BCUT2D eigenvalue weighted by Gasteiger charge is 2.28. The van der Waals surface area contributed by atoms with Crippen LogP contribution in [0.3, 0.4) is 0 Å². The minimum atomic E-state index is -3.95. The van der Waals surface area contributed by atoms with E-state index in [4.69, 9.17) is 4.52 Å². The number of hydrogen-bond donors (Lipinski definition) is 0. The summed E-state index contributed by atoms with van der Waals surface area (Å²) in [6.45, 7) is -2.53. The molecule has 0 heterocycles. The summed E-state index contributed by atoms with van der Waals surface area (Å²) in [6.07, 6.45) is 0. The minimum Gasteiger partial charge on any atom is -0.404 e. The zero-order valence-corrected chi connectivity index (χ0v) is 9.95.